The minimum atomic E-state index is -0.0235. The van der Waals surface area contributed by atoms with E-state index in [0.717, 1.165) is 34.5 Å². The standard InChI is InChI=1S/C21H20N6O/c1-14-12-19-24-20(16-6-2-3-8-18(16)27(19)25-14)23-15-9-11-26(13-15)21(28)17-7-4-5-10-22-17/h2-8,10,12,15H,9,11,13H2,1H3,(H,23,24)/t15-/m0/s1. The molecule has 7 nitrogen and oxygen atoms in total. The molecule has 0 unspecified atom stereocenters. The summed E-state index contributed by atoms with van der Waals surface area (Å²) in [4.78, 5) is 23.5. The van der Waals surface area contributed by atoms with E-state index in [2.05, 4.69) is 15.4 Å². The van der Waals surface area contributed by atoms with Crippen LogP contribution in [0, 0.1) is 6.92 Å². The maximum atomic E-state index is 12.6. The van der Waals surface area contributed by atoms with Gasteiger partial charge in [0, 0.05) is 36.8 Å². The van der Waals surface area contributed by atoms with Gasteiger partial charge in [-0.1, -0.05) is 18.2 Å². The molecule has 1 atom stereocenters. The fourth-order valence-corrected chi connectivity index (χ4v) is 3.79. The molecule has 140 valence electrons. The Kier molecular flexibility index (Phi) is 3.93. The third-order valence-electron chi connectivity index (χ3n) is 5.13. The summed E-state index contributed by atoms with van der Waals surface area (Å²) >= 11 is 0. The smallest absolute Gasteiger partial charge is 0.272 e. The highest BCUT2D eigenvalue weighted by molar-refractivity contribution is 5.93. The van der Waals surface area contributed by atoms with Crippen molar-refractivity contribution >= 4 is 28.3 Å². The predicted molar refractivity (Wildman–Crippen MR) is 107 cm³/mol. The van der Waals surface area contributed by atoms with Gasteiger partial charge in [-0.3, -0.25) is 9.78 Å². The number of nitrogens with zero attached hydrogens (tertiary/aromatic N) is 5. The van der Waals surface area contributed by atoms with Gasteiger partial charge < -0.3 is 10.2 Å². The van der Waals surface area contributed by atoms with Crippen LogP contribution in [0.5, 0.6) is 0 Å². The molecule has 1 aromatic carbocycles. The first kappa shape index (κ1) is 16.7. The number of fused-ring (bicyclic) bond motifs is 3. The highest BCUT2D eigenvalue weighted by Gasteiger charge is 2.28. The number of amides is 1. The first-order valence-electron chi connectivity index (χ1n) is 9.41. The molecule has 3 aromatic heterocycles. The number of hydrogen-bond acceptors (Lipinski definition) is 5. The fraction of sp³-hybridized carbons (Fsp3) is 0.238. The summed E-state index contributed by atoms with van der Waals surface area (Å²) in [6.45, 7) is 3.31. The number of carbonyl (C=O) groups excluding carboxylic acids is 1. The van der Waals surface area contributed by atoms with Crippen molar-refractivity contribution in [1.82, 2.24) is 24.5 Å². The number of nitrogens with one attached hydrogen (secondary N) is 1. The number of likely N-dealkylation sites (tertiary alicyclic amines) is 1. The van der Waals surface area contributed by atoms with Crippen LogP contribution in [0.2, 0.25) is 0 Å². The van der Waals surface area contributed by atoms with Gasteiger partial charge >= 0.3 is 0 Å². The highest BCUT2D eigenvalue weighted by atomic mass is 16.2. The van der Waals surface area contributed by atoms with Crippen molar-refractivity contribution in [2.45, 2.75) is 19.4 Å². The zero-order valence-corrected chi connectivity index (χ0v) is 15.5. The van der Waals surface area contributed by atoms with Crippen molar-refractivity contribution in [3.8, 4) is 0 Å². The van der Waals surface area contributed by atoms with Gasteiger partial charge in [-0.15, -0.1) is 0 Å². The molecule has 0 radical (unpaired) electrons. The van der Waals surface area contributed by atoms with Gasteiger partial charge in [0.2, 0.25) is 0 Å². The molecule has 1 aliphatic heterocycles. The van der Waals surface area contributed by atoms with Crippen molar-refractivity contribution in [1.29, 1.82) is 0 Å². The molecule has 0 saturated carbocycles. The van der Waals surface area contributed by atoms with Crippen LogP contribution in [0.3, 0.4) is 0 Å². The molecule has 4 aromatic rings. The summed E-state index contributed by atoms with van der Waals surface area (Å²) in [5, 5.41) is 9.13. The van der Waals surface area contributed by atoms with Crippen molar-refractivity contribution in [3.05, 3.63) is 66.1 Å². The number of carbonyl (C=O) groups is 1. The Bertz CT molecular complexity index is 1170. The van der Waals surface area contributed by atoms with Gasteiger partial charge in [-0.05, 0) is 37.6 Å². The van der Waals surface area contributed by atoms with E-state index in [1.54, 1.807) is 12.3 Å². The molecule has 1 aliphatic rings. The quantitative estimate of drug-likeness (QED) is 0.598. The normalized spacial score (nSPS) is 16.8. The summed E-state index contributed by atoms with van der Waals surface area (Å²) < 4.78 is 1.88. The van der Waals surface area contributed by atoms with E-state index < -0.39 is 0 Å². The Morgan fingerprint density at radius 1 is 1.18 bits per heavy atom. The predicted octanol–water partition coefficient (Wildman–Crippen LogP) is 2.91. The maximum Gasteiger partial charge on any atom is 0.272 e. The molecule has 4 heterocycles. The van der Waals surface area contributed by atoms with Crippen molar-refractivity contribution in [2.75, 3.05) is 18.4 Å². The zero-order valence-electron chi connectivity index (χ0n) is 15.5. The number of anilines is 1. The van der Waals surface area contributed by atoms with Crippen LogP contribution in [-0.4, -0.2) is 49.5 Å². The van der Waals surface area contributed by atoms with Crippen LogP contribution in [0.1, 0.15) is 22.6 Å². The highest BCUT2D eigenvalue weighted by Crippen LogP contribution is 2.25. The van der Waals surface area contributed by atoms with E-state index in [0.29, 0.717) is 18.8 Å². The van der Waals surface area contributed by atoms with E-state index in [4.69, 9.17) is 4.98 Å². The Morgan fingerprint density at radius 2 is 2.04 bits per heavy atom. The molecular weight excluding hydrogens is 352 g/mol. The number of pyridine rings is 1. The SMILES string of the molecule is Cc1cc2nc(N[C@H]3CCN(C(=O)c4ccccn4)C3)c3ccccc3n2n1. The topological polar surface area (TPSA) is 75.4 Å². The second-order valence-electron chi connectivity index (χ2n) is 7.13. The second-order valence-corrected chi connectivity index (χ2v) is 7.13. The lowest BCUT2D eigenvalue weighted by Crippen LogP contribution is -2.32. The van der Waals surface area contributed by atoms with Gasteiger partial charge in [-0.25, -0.2) is 9.50 Å². The minimum Gasteiger partial charge on any atom is -0.365 e. The fourth-order valence-electron chi connectivity index (χ4n) is 3.79. The van der Waals surface area contributed by atoms with Crippen LogP contribution in [0.15, 0.2) is 54.7 Å². The van der Waals surface area contributed by atoms with Crippen LogP contribution in [0.4, 0.5) is 5.82 Å². The molecule has 1 N–H and O–H groups in total. The molecule has 1 fully saturated rings. The number of para-hydroxylation sites is 1. The average molecular weight is 372 g/mol. The van der Waals surface area contributed by atoms with E-state index in [9.17, 15) is 4.79 Å². The monoisotopic (exact) mass is 372 g/mol. The van der Waals surface area contributed by atoms with Crippen molar-refractivity contribution < 1.29 is 4.79 Å². The number of hydrogen-bond donors (Lipinski definition) is 1. The lowest BCUT2D eigenvalue weighted by Gasteiger charge is -2.18. The molecule has 5 rings (SSSR count). The average Bonchev–Trinajstić information content (AvgIpc) is 3.34. The summed E-state index contributed by atoms with van der Waals surface area (Å²) in [5.41, 5.74) is 3.26. The number of aromatic nitrogens is 4. The van der Waals surface area contributed by atoms with Gasteiger partial charge in [0.25, 0.3) is 5.91 Å². The summed E-state index contributed by atoms with van der Waals surface area (Å²) in [6.07, 6.45) is 2.52. The van der Waals surface area contributed by atoms with Crippen molar-refractivity contribution in [3.63, 3.8) is 0 Å². The van der Waals surface area contributed by atoms with E-state index >= 15 is 0 Å². The van der Waals surface area contributed by atoms with E-state index in [1.807, 2.05) is 58.8 Å². The summed E-state index contributed by atoms with van der Waals surface area (Å²) in [5.74, 6) is 0.810. The second kappa shape index (κ2) is 6.60. The van der Waals surface area contributed by atoms with E-state index in [1.165, 1.54) is 0 Å². The molecule has 7 heteroatoms. The summed E-state index contributed by atoms with van der Waals surface area (Å²) in [6, 6.07) is 15.6. The minimum absolute atomic E-state index is 0.0235. The number of aryl methyl sites for hydroxylation is 1. The Balaban J connectivity index is 1.42. The lowest BCUT2D eigenvalue weighted by atomic mass is 10.2. The first-order valence-corrected chi connectivity index (χ1v) is 9.41. The Labute approximate surface area is 162 Å². The van der Waals surface area contributed by atoms with E-state index in [-0.39, 0.29) is 11.9 Å². The Hall–Kier alpha value is -3.48. The van der Waals surface area contributed by atoms with Crippen molar-refractivity contribution in [2.24, 2.45) is 0 Å². The van der Waals surface area contributed by atoms with Gasteiger partial charge in [0.15, 0.2) is 5.65 Å². The lowest BCUT2D eigenvalue weighted by molar-refractivity contribution is 0.0786. The summed E-state index contributed by atoms with van der Waals surface area (Å²) in [7, 11) is 0. The van der Waals surface area contributed by atoms with Crippen LogP contribution in [-0.2, 0) is 0 Å². The molecule has 1 saturated heterocycles. The largest absolute Gasteiger partial charge is 0.365 e. The first-order chi connectivity index (χ1) is 13.7. The molecular formula is C21H20N6O. The number of benzene rings is 1. The van der Waals surface area contributed by atoms with Gasteiger partial charge in [0.05, 0.1) is 11.2 Å². The zero-order chi connectivity index (χ0) is 19.1. The van der Waals surface area contributed by atoms with Gasteiger partial charge in [-0.2, -0.15) is 5.10 Å². The molecule has 0 aliphatic carbocycles. The molecule has 0 spiro atoms. The molecule has 28 heavy (non-hydrogen) atoms. The van der Waals surface area contributed by atoms with Gasteiger partial charge in [0.1, 0.15) is 11.5 Å². The third kappa shape index (κ3) is 2.85. The Morgan fingerprint density at radius 3 is 2.89 bits per heavy atom. The maximum absolute atomic E-state index is 12.6. The molecule has 0 bridgehead atoms. The van der Waals surface area contributed by atoms with Crippen LogP contribution < -0.4 is 5.32 Å². The third-order valence-corrected chi connectivity index (χ3v) is 5.13. The number of rotatable bonds is 3. The molecule has 1 amide bonds. The van der Waals surface area contributed by atoms with Crippen LogP contribution in [0.25, 0.3) is 16.6 Å². The van der Waals surface area contributed by atoms with Crippen LogP contribution >= 0.6 is 0 Å².